The quantitative estimate of drug-likeness (QED) is 0.796. The van der Waals surface area contributed by atoms with Crippen molar-refractivity contribution in [3.05, 3.63) is 30.0 Å². The van der Waals surface area contributed by atoms with Crippen LogP contribution in [0.25, 0.3) is 10.9 Å². The van der Waals surface area contributed by atoms with Gasteiger partial charge in [-0.25, -0.2) is 9.78 Å². The van der Waals surface area contributed by atoms with E-state index in [2.05, 4.69) is 9.72 Å². The number of benzene rings is 1. The molecule has 1 heterocycles. The first kappa shape index (κ1) is 11.2. The summed E-state index contributed by atoms with van der Waals surface area (Å²) < 4.78 is 9.70. The summed E-state index contributed by atoms with van der Waals surface area (Å²) in [6.07, 6.45) is 0. The molecule has 5 heteroatoms. The van der Waals surface area contributed by atoms with E-state index >= 15 is 0 Å². The second-order valence-electron chi connectivity index (χ2n) is 3.47. The minimum Gasteiger partial charge on any atom is -0.497 e. The van der Waals surface area contributed by atoms with E-state index < -0.39 is 5.97 Å². The van der Waals surface area contributed by atoms with Crippen LogP contribution < -0.4 is 10.5 Å². The highest BCUT2D eigenvalue weighted by molar-refractivity contribution is 5.97. The molecule has 0 aliphatic heterocycles. The lowest BCUT2D eigenvalue weighted by Crippen LogP contribution is -2.05. The highest BCUT2D eigenvalue weighted by Crippen LogP contribution is 2.24. The van der Waals surface area contributed by atoms with Gasteiger partial charge in [0.1, 0.15) is 5.75 Å². The van der Waals surface area contributed by atoms with Crippen LogP contribution in [-0.4, -0.2) is 25.2 Å². The van der Waals surface area contributed by atoms with Gasteiger partial charge in [0.05, 0.1) is 19.7 Å². The molecule has 0 atom stereocenters. The van der Waals surface area contributed by atoms with Gasteiger partial charge in [-0.2, -0.15) is 0 Å². The first-order valence-corrected chi connectivity index (χ1v) is 4.98. The van der Waals surface area contributed by atoms with Gasteiger partial charge in [-0.15, -0.1) is 0 Å². The zero-order valence-corrected chi connectivity index (χ0v) is 9.56. The molecule has 88 valence electrons. The van der Waals surface area contributed by atoms with Gasteiger partial charge in [0, 0.05) is 17.1 Å². The minimum atomic E-state index is -0.513. The number of aromatic nitrogens is 1. The van der Waals surface area contributed by atoms with E-state index in [4.69, 9.17) is 10.5 Å². The Labute approximate surface area is 98.2 Å². The Morgan fingerprint density at radius 2 is 2.06 bits per heavy atom. The van der Waals surface area contributed by atoms with Crippen molar-refractivity contribution in [3.63, 3.8) is 0 Å². The number of methoxy groups -OCH3 is 2. The van der Waals surface area contributed by atoms with E-state index in [9.17, 15) is 4.79 Å². The monoisotopic (exact) mass is 232 g/mol. The molecule has 0 radical (unpaired) electrons. The van der Waals surface area contributed by atoms with Crippen LogP contribution in [0, 0.1) is 0 Å². The number of carbonyl (C=O) groups is 1. The van der Waals surface area contributed by atoms with Crippen molar-refractivity contribution in [2.75, 3.05) is 20.0 Å². The van der Waals surface area contributed by atoms with Crippen LogP contribution in [0.15, 0.2) is 24.3 Å². The van der Waals surface area contributed by atoms with E-state index in [0.29, 0.717) is 17.0 Å². The molecule has 1 aromatic heterocycles. The van der Waals surface area contributed by atoms with Gasteiger partial charge in [0.2, 0.25) is 0 Å². The summed E-state index contributed by atoms with van der Waals surface area (Å²) in [6, 6.07) is 6.81. The first-order chi connectivity index (χ1) is 8.15. The maximum absolute atomic E-state index is 11.4. The van der Waals surface area contributed by atoms with Crippen LogP contribution in [0.3, 0.4) is 0 Å². The predicted octanol–water partition coefficient (Wildman–Crippen LogP) is 1.61. The third-order valence-electron chi connectivity index (χ3n) is 2.44. The lowest BCUT2D eigenvalue weighted by molar-refractivity contribution is 0.0594. The lowest BCUT2D eigenvalue weighted by Gasteiger charge is -2.06. The predicted molar refractivity (Wildman–Crippen MR) is 64.0 cm³/mol. The number of anilines is 1. The van der Waals surface area contributed by atoms with Crippen molar-refractivity contribution in [1.82, 2.24) is 4.98 Å². The number of nitrogens with zero attached hydrogens (tertiary/aromatic N) is 1. The number of nitrogens with two attached hydrogens (primary N) is 1. The van der Waals surface area contributed by atoms with E-state index in [0.717, 1.165) is 5.39 Å². The molecule has 0 bridgehead atoms. The number of ether oxygens (including phenoxy) is 2. The SMILES string of the molecule is COC(=O)c1cc(N)c2ccc(OC)cc2n1. The largest absolute Gasteiger partial charge is 0.497 e. The highest BCUT2D eigenvalue weighted by atomic mass is 16.5. The van der Waals surface area contributed by atoms with E-state index in [1.54, 1.807) is 25.3 Å². The molecule has 0 saturated heterocycles. The molecule has 0 saturated carbocycles. The average molecular weight is 232 g/mol. The number of esters is 1. The Morgan fingerprint density at radius 3 is 2.71 bits per heavy atom. The molecule has 0 amide bonds. The topological polar surface area (TPSA) is 74.4 Å². The van der Waals surface area contributed by atoms with Crippen LogP contribution >= 0.6 is 0 Å². The summed E-state index contributed by atoms with van der Waals surface area (Å²) in [6.45, 7) is 0. The molecule has 0 aliphatic carbocycles. The average Bonchev–Trinajstić information content (AvgIpc) is 2.36. The molecule has 5 nitrogen and oxygen atoms in total. The van der Waals surface area contributed by atoms with E-state index in [-0.39, 0.29) is 5.69 Å². The Hall–Kier alpha value is -2.30. The number of hydrogen-bond acceptors (Lipinski definition) is 5. The fourth-order valence-electron chi connectivity index (χ4n) is 1.57. The summed E-state index contributed by atoms with van der Waals surface area (Å²) in [5.41, 5.74) is 7.12. The highest BCUT2D eigenvalue weighted by Gasteiger charge is 2.11. The van der Waals surface area contributed by atoms with Gasteiger partial charge in [-0.3, -0.25) is 0 Å². The number of hydrogen-bond donors (Lipinski definition) is 1. The number of rotatable bonds is 2. The minimum absolute atomic E-state index is 0.186. The summed E-state index contributed by atoms with van der Waals surface area (Å²) >= 11 is 0. The second-order valence-corrected chi connectivity index (χ2v) is 3.47. The maximum atomic E-state index is 11.4. The summed E-state index contributed by atoms with van der Waals surface area (Å²) in [7, 11) is 2.87. The molecular weight excluding hydrogens is 220 g/mol. The van der Waals surface area contributed by atoms with Crippen LogP contribution in [0.5, 0.6) is 5.75 Å². The third kappa shape index (κ3) is 1.99. The second kappa shape index (κ2) is 4.29. The van der Waals surface area contributed by atoms with Crippen molar-refractivity contribution >= 4 is 22.6 Å². The van der Waals surface area contributed by atoms with Gasteiger partial charge in [0.15, 0.2) is 5.69 Å². The fraction of sp³-hybridized carbons (Fsp3) is 0.167. The van der Waals surface area contributed by atoms with Gasteiger partial charge >= 0.3 is 5.97 Å². The fourth-order valence-corrected chi connectivity index (χ4v) is 1.57. The molecule has 0 unspecified atom stereocenters. The van der Waals surface area contributed by atoms with Crippen molar-refractivity contribution < 1.29 is 14.3 Å². The Morgan fingerprint density at radius 1 is 1.29 bits per heavy atom. The Balaban J connectivity index is 2.65. The molecule has 2 N–H and O–H groups in total. The maximum Gasteiger partial charge on any atom is 0.356 e. The molecular formula is C12H12N2O3. The molecule has 1 aromatic carbocycles. The smallest absolute Gasteiger partial charge is 0.356 e. The number of carbonyl (C=O) groups excluding carboxylic acids is 1. The molecule has 2 aromatic rings. The van der Waals surface area contributed by atoms with Gasteiger partial charge in [-0.1, -0.05) is 0 Å². The van der Waals surface area contributed by atoms with Crippen LogP contribution in [0.1, 0.15) is 10.5 Å². The molecule has 0 aliphatic rings. The Kier molecular flexibility index (Phi) is 2.82. The lowest BCUT2D eigenvalue weighted by atomic mass is 10.1. The summed E-state index contributed by atoms with van der Waals surface area (Å²) in [5, 5.41) is 0.776. The van der Waals surface area contributed by atoms with Gasteiger partial charge < -0.3 is 15.2 Å². The summed E-state index contributed by atoms with van der Waals surface area (Å²) in [5.74, 6) is 0.146. The first-order valence-electron chi connectivity index (χ1n) is 4.98. The molecule has 0 spiro atoms. The van der Waals surface area contributed by atoms with Gasteiger partial charge in [0.25, 0.3) is 0 Å². The van der Waals surface area contributed by atoms with E-state index in [1.165, 1.54) is 13.2 Å². The van der Waals surface area contributed by atoms with Crippen molar-refractivity contribution in [2.45, 2.75) is 0 Å². The van der Waals surface area contributed by atoms with Crippen LogP contribution in [0.2, 0.25) is 0 Å². The van der Waals surface area contributed by atoms with Crippen molar-refractivity contribution in [2.24, 2.45) is 0 Å². The van der Waals surface area contributed by atoms with E-state index in [1.807, 2.05) is 0 Å². The Bertz CT molecular complexity index is 581. The zero-order chi connectivity index (χ0) is 12.4. The molecule has 17 heavy (non-hydrogen) atoms. The van der Waals surface area contributed by atoms with Gasteiger partial charge in [-0.05, 0) is 18.2 Å². The van der Waals surface area contributed by atoms with Crippen molar-refractivity contribution in [3.8, 4) is 5.75 Å². The molecule has 0 fully saturated rings. The number of pyridine rings is 1. The van der Waals surface area contributed by atoms with Crippen LogP contribution in [0.4, 0.5) is 5.69 Å². The summed E-state index contributed by atoms with van der Waals surface area (Å²) in [4.78, 5) is 15.6. The normalized spacial score (nSPS) is 10.2. The number of fused-ring (bicyclic) bond motifs is 1. The zero-order valence-electron chi connectivity index (χ0n) is 9.56. The molecule has 2 rings (SSSR count). The number of nitrogen functional groups attached to an aromatic ring is 1. The standard InChI is InChI=1S/C12H12N2O3/c1-16-7-3-4-8-9(13)6-11(12(15)17-2)14-10(8)5-7/h3-6H,1-2H3,(H2,13,14). The third-order valence-corrected chi connectivity index (χ3v) is 2.44. The van der Waals surface area contributed by atoms with Crippen LogP contribution in [-0.2, 0) is 4.74 Å². The van der Waals surface area contributed by atoms with Crippen molar-refractivity contribution in [1.29, 1.82) is 0 Å².